The van der Waals surface area contributed by atoms with Gasteiger partial charge in [-0.05, 0) is 72.3 Å². The SMILES string of the molecule is c1ccc(OP2(NCc3cccnc3)=NP(Oc3ccccc3)(Oc3ccccc3)=NP(Oc3ccccc3)(Oc3ccccc3)=N2)cc1. The molecule has 1 atom stereocenters. The maximum atomic E-state index is 6.85. The molecule has 0 radical (unpaired) electrons. The molecule has 0 aliphatic carbocycles. The van der Waals surface area contributed by atoms with E-state index in [1.54, 1.807) is 12.4 Å². The lowest BCUT2D eigenvalue weighted by Gasteiger charge is -2.34. The van der Waals surface area contributed by atoms with Gasteiger partial charge in [-0.3, -0.25) is 4.98 Å². The van der Waals surface area contributed by atoms with Crippen molar-refractivity contribution in [2.75, 3.05) is 0 Å². The Labute approximate surface area is 285 Å². The third-order valence-electron chi connectivity index (χ3n) is 6.75. The van der Waals surface area contributed by atoms with Crippen LogP contribution in [0.15, 0.2) is 190 Å². The molecule has 1 aliphatic rings. The fraction of sp³-hybridized carbons (Fsp3) is 0.0278. The van der Waals surface area contributed by atoms with E-state index in [1.807, 2.05) is 164 Å². The summed E-state index contributed by atoms with van der Waals surface area (Å²) >= 11 is 0. The molecule has 1 N–H and O–H groups in total. The zero-order valence-corrected chi connectivity index (χ0v) is 28.8. The fourth-order valence-corrected chi connectivity index (χ4v) is 14.1. The molecule has 6 aromatic rings. The van der Waals surface area contributed by atoms with Crippen molar-refractivity contribution in [3.05, 3.63) is 182 Å². The van der Waals surface area contributed by atoms with Crippen molar-refractivity contribution in [1.82, 2.24) is 10.1 Å². The van der Waals surface area contributed by atoms with Gasteiger partial charge in [0.05, 0.1) is 0 Å². The monoisotopic (exact) mass is 707 g/mol. The quantitative estimate of drug-likeness (QED) is 0.119. The number of para-hydroxylation sites is 5. The average molecular weight is 708 g/mol. The minimum absolute atomic E-state index is 0.300. The molecule has 0 fully saturated rings. The van der Waals surface area contributed by atoms with Gasteiger partial charge in [0, 0.05) is 18.9 Å². The molecule has 0 amide bonds. The van der Waals surface area contributed by atoms with Gasteiger partial charge in [-0.25, -0.2) is 5.09 Å². The van der Waals surface area contributed by atoms with E-state index in [0.29, 0.717) is 35.3 Å². The Morgan fingerprint density at radius 3 is 1.18 bits per heavy atom. The third kappa shape index (κ3) is 8.50. The number of aromatic nitrogens is 1. The Kier molecular flexibility index (Phi) is 9.92. The van der Waals surface area contributed by atoms with Crippen LogP contribution in [0.2, 0.25) is 0 Å². The minimum Gasteiger partial charge on any atom is -0.430 e. The lowest BCUT2D eigenvalue weighted by molar-refractivity contribution is 0.456. The van der Waals surface area contributed by atoms with E-state index in [9.17, 15) is 0 Å². The third-order valence-corrected chi connectivity index (χ3v) is 15.1. The number of nitrogens with one attached hydrogen (secondary N) is 1. The highest BCUT2D eigenvalue weighted by molar-refractivity contribution is 7.79. The normalized spacial score (nSPS) is 17.2. The topological polar surface area (TPSA) is 108 Å². The summed E-state index contributed by atoms with van der Waals surface area (Å²) in [5, 5.41) is 3.54. The maximum absolute atomic E-state index is 6.85. The highest BCUT2D eigenvalue weighted by Crippen LogP contribution is 2.77. The van der Waals surface area contributed by atoms with Crippen LogP contribution >= 0.6 is 22.9 Å². The predicted molar refractivity (Wildman–Crippen MR) is 194 cm³/mol. The molecule has 5 aromatic carbocycles. The summed E-state index contributed by atoms with van der Waals surface area (Å²) in [5.74, 6) is 2.49. The molecule has 7 rings (SSSR count). The van der Waals surface area contributed by atoms with Crippen molar-refractivity contribution in [2.45, 2.75) is 6.54 Å². The smallest absolute Gasteiger partial charge is 0.430 e. The summed E-state index contributed by atoms with van der Waals surface area (Å²) in [4.78, 5) is 4.30. The average Bonchev–Trinajstić information content (AvgIpc) is 3.13. The van der Waals surface area contributed by atoms with Gasteiger partial charge in [0.15, 0.2) is 0 Å². The molecule has 0 saturated heterocycles. The van der Waals surface area contributed by atoms with Crippen LogP contribution in [-0.2, 0) is 6.54 Å². The van der Waals surface area contributed by atoms with Crippen LogP contribution in [0.4, 0.5) is 0 Å². The minimum atomic E-state index is -3.81. The molecule has 13 heteroatoms. The molecule has 0 saturated carbocycles. The Morgan fingerprint density at radius 1 is 0.408 bits per heavy atom. The number of pyridine rings is 1. The van der Waals surface area contributed by atoms with Gasteiger partial charge < -0.3 is 22.6 Å². The lowest BCUT2D eigenvalue weighted by Crippen LogP contribution is -2.17. The number of nitrogens with zero attached hydrogens (tertiary/aromatic N) is 4. The van der Waals surface area contributed by atoms with Crippen LogP contribution in [0.5, 0.6) is 28.7 Å². The number of rotatable bonds is 13. The maximum Gasteiger partial charge on any atom is 0.459 e. The second kappa shape index (κ2) is 15.0. The first kappa shape index (κ1) is 32.4. The summed E-state index contributed by atoms with van der Waals surface area (Å²) < 4.78 is 49.8. The predicted octanol–water partition coefficient (Wildman–Crippen LogP) is 11.4. The molecule has 1 unspecified atom stereocenters. The van der Waals surface area contributed by atoms with Crippen molar-refractivity contribution >= 4 is 22.9 Å². The van der Waals surface area contributed by atoms with Gasteiger partial charge in [-0.15, -0.1) is 9.03 Å². The van der Waals surface area contributed by atoms with Crippen molar-refractivity contribution in [3.8, 4) is 28.7 Å². The largest absolute Gasteiger partial charge is 0.459 e. The molecule has 10 nitrogen and oxygen atoms in total. The van der Waals surface area contributed by atoms with E-state index in [0.717, 1.165) is 5.56 Å². The van der Waals surface area contributed by atoms with Crippen LogP contribution in [0, 0.1) is 0 Å². The molecular formula is C36H32N5O5P3. The van der Waals surface area contributed by atoms with Gasteiger partial charge in [-0.2, -0.15) is 0 Å². The Morgan fingerprint density at radius 2 is 0.796 bits per heavy atom. The number of benzene rings is 5. The van der Waals surface area contributed by atoms with Gasteiger partial charge in [0.2, 0.25) is 0 Å². The van der Waals surface area contributed by atoms with Crippen LogP contribution in [-0.4, -0.2) is 4.98 Å². The fourth-order valence-electron chi connectivity index (χ4n) is 4.62. The molecule has 1 aromatic heterocycles. The standard InChI is InChI=1S/C36H32N5O5P3/c1-6-18-32(19-7-1)42-47(38-30-31-17-16-28-37-29-31)39-48(43-33-20-8-2-9-21-33,44-34-22-10-3-11-23-34)41-49(40-47,45-35-24-12-4-13-25-35)46-36-26-14-5-15-27-36/h1-29,38H,30H2. The van der Waals surface area contributed by atoms with E-state index >= 15 is 0 Å². The van der Waals surface area contributed by atoms with Gasteiger partial charge in [0.25, 0.3) is 0 Å². The van der Waals surface area contributed by atoms with Crippen LogP contribution in [0.25, 0.3) is 0 Å². The molecule has 0 bridgehead atoms. The highest BCUT2D eigenvalue weighted by Gasteiger charge is 2.47. The zero-order chi connectivity index (χ0) is 33.2. The molecule has 49 heavy (non-hydrogen) atoms. The van der Waals surface area contributed by atoms with E-state index in [-0.39, 0.29) is 0 Å². The summed E-state index contributed by atoms with van der Waals surface area (Å²) in [6.45, 7) is 0.300. The van der Waals surface area contributed by atoms with Gasteiger partial charge in [-0.1, -0.05) is 102 Å². The second-order valence-corrected chi connectivity index (χ2v) is 16.9. The first-order valence-corrected chi connectivity index (χ1v) is 20.1. The Bertz CT molecular complexity index is 1950. The van der Waals surface area contributed by atoms with E-state index < -0.39 is 22.9 Å². The summed E-state index contributed by atoms with van der Waals surface area (Å²) in [6.07, 6.45) is 3.49. The van der Waals surface area contributed by atoms with Crippen molar-refractivity contribution < 1.29 is 22.6 Å². The molecular weight excluding hydrogens is 675 g/mol. The van der Waals surface area contributed by atoms with Gasteiger partial charge >= 0.3 is 22.9 Å². The summed E-state index contributed by atoms with van der Waals surface area (Å²) in [5.41, 5.74) is 0.889. The van der Waals surface area contributed by atoms with Crippen molar-refractivity contribution in [1.29, 1.82) is 0 Å². The van der Waals surface area contributed by atoms with E-state index in [1.165, 1.54) is 0 Å². The van der Waals surface area contributed by atoms with E-state index in [4.69, 9.17) is 36.2 Å². The van der Waals surface area contributed by atoms with E-state index in [2.05, 4.69) is 10.1 Å². The van der Waals surface area contributed by atoms with Gasteiger partial charge in [0.1, 0.15) is 28.7 Å². The zero-order valence-electron chi connectivity index (χ0n) is 26.1. The lowest BCUT2D eigenvalue weighted by atomic mass is 10.3. The molecule has 2 heterocycles. The highest BCUT2D eigenvalue weighted by atomic mass is 31.3. The Hall–Kier alpha value is -5.10. The number of hydrogen-bond acceptors (Lipinski definition) is 10. The van der Waals surface area contributed by atoms with Crippen LogP contribution in [0.1, 0.15) is 5.56 Å². The number of hydrogen-bond donors (Lipinski definition) is 1. The Balaban J connectivity index is 1.52. The summed E-state index contributed by atoms with van der Waals surface area (Å²) in [7, 11) is -11.2. The summed E-state index contributed by atoms with van der Waals surface area (Å²) in [6, 6.07) is 50.4. The molecule has 1 aliphatic heterocycles. The molecule has 0 spiro atoms. The first-order valence-electron chi connectivity index (χ1n) is 15.4. The van der Waals surface area contributed by atoms with Crippen molar-refractivity contribution in [2.24, 2.45) is 13.5 Å². The van der Waals surface area contributed by atoms with Crippen LogP contribution < -0.4 is 27.7 Å². The van der Waals surface area contributed by atoms with Crippen LogP contribution in [0.3, 0.4) is 0 Å². The second-order valence-electron chi connectivity index (χ2n) is 10.5. The first-order chi connectivity index (χ1) is 24.1. The van der Waals surface area contributed by atoms with Crippen molar-refractivity contribution in [3.63, 3.8) is 0 Å². The molecule has 246 valence electrons.